The summed E-state index contributed by atoms with van der Waals surface area (Å²) < 4.78 is 4.43. The first-order chi connectivity index (χ1) is 23.5. The van der Waals surface area contributed by atoms with Crippen LogP contribution in [0.4, 0.5) is 34.4 Å². The highest BCUT2D eigenvalue weighted by Gasteiger charge is 2.10. The van der Waals surface area contributed by atoms with Gasteiger partial charge in [-0.3, -0.25) is 0 Å². The summed E-state index contributed by atoms with van der Waals surface area (Å²) in [4.78, 5) is 4.17. The number of rotatable bonds is 21. The minimum Gasteiger partial charge on any atom is -1.00 e. The van der Waals surface area contributed by atoms with Gasteiger partial charge in [-0.05, 0) is 96.6 Å². The van der Waals surface area contributed by atoms with Gasteiger partial charge in [0, 0.05) is 51.7 Å². The van der Waals surface area contributed by atoms with Crippen LogP contribution in [0.5, 0.6) is 0 Å². The average molecular weight is 809 g/mol. The fourth-order valence-electron chi connectivity index (χ4n) is 5.68. The van der Waals surface area contributed by atoms with Crippen LogP contribution >= 0.6 is 0 Å². The molecule has 0 atom stereocenters. The normalized spacial score (nSPS) is 11.0. The first-order valence-electron chi connectivity index (χ1n) is 17.8. The lowest BCUT2D eigenvalue weighted by atomic mass is 10.1. The highest BCUT2D eigenvalue weighted by molar-refractivity contribution is 5.52. The molecule has 2 heterocycles. The Labute approximate surface area is 321 Å². The Bertz CT molecular complexity index is 1420. The molecule has 0 N–H and O–H groups in total. The molecule has 2 aromatic heterocycles. The van der Waals surface area contributed by atoms with Crippen LogP contribution in [0.2, 0.25) is 0 Å². The Morgan fingerprint density at radius 1 is 0.400 bits per heavy atom. The maximum atomic E-state index is 4.54. The molecule has 0 saturated carbocycles. The lowest BCUT2D eigenvalue weighted by molar-refractivity contribution is -0.685. The second kappa shape index (κ2) is 24.6. The van der Waals surface area contributed by atoms with Gasteiger partial charge in [-0.25, -0.2) is 9.13 Å². The zero-order valence-electron chi connectivity index (χ0n) is 30.5. The zero-order chi connectivity index (χ0) is 33.8. The van der Waals surface area contributed by atoms with Crippen molar-refractivity contribution >= 4 is 34.4 Å². The van der Waals surface area contributed by atoms with Gasteiger partial charge in [0.05, 0.1) is 35.7 Å². The number of aryl methyl sites for hydroxylation is 2. The molecule has 0 saturated heterocycles. The van der Waals surface area contributed by atoms with Crippen LogP contribution in [-0.2, 0) is 13.1 Å². The molecule has 270 valence electrons. The Morgan fingerprint density at radius 2 is 0.720 bits per heavy atom. The molecule has 0 spiro atoms. The third-order valence-corrected chi connectivity index (χ3v) is 8.65. The van der Waals surface area contributed by atoms with Crippen LogP contribution in [0, 0.1) is 0 Å². The summed E-state index contributed by atoms with van der Waals surface area (Å²) in [5.41, 5.74) is 4.06. The van der Waals surface area contributed by atoms with Crippen LogP contribution in [0.1, 0.15) is 77.0 Å². The monoisotopic (exact) mass is 806 g/mol. The minimum absolute atomic E-state index is 0. The van der Waals surface area contributed by atoms with Crippen molar-refractivity contribution in [3.05, 3.63) is 97.3 Å². The number of halogens is 2. The molecule has 0 aliphatic carbocycles. The number of azo groups is 2. The number of hydrogen-bond donors (Lipinski definition) is 0. The van der Waals surface area contributed by atoms with Gasteiger partial charge >= 0.3 is 11.6 Å². The predicted molar refractivity (Wildman–Crippen MR) is 199 cm³/mol. The molecule has 2 aromatic carbocycles. The highest BCUT2D eigenvalue weighted by atomic mass is 79.9. The van der Waals surface area contributed by atoms with Gasteiger partial charge in [0.15, 0.2) is 0 Å². The van der Waals surface area contributed by atoms with Crippen LogP contribution in [0.3, 0.4) is 0 Å². The van der Waals surface area contributed by atoms with Gasteiger partial charge in [0.1, 0.15) is 11.4 Å². The van der Waals surface area contributed by atoms with E-state index in [1.54, 1.807) is 0 Å². The van der Waals surface area contributed by atoms with E-state index in [4.69, 9.17) is 0 Å². The zero-order valence-corrected chi connectivity index (χ0v) is 33.6. The summed E-state index contributed by atoms with van der Waals surface area (Å²) in [6.45, 7) is 1.96. The molecule has 0 radical (unpaired) electrons. The molecule has 0 unspecified atom stereocenters. The molecule has 4 aromatic rings. The van der Waals surface area contributed by atoms with Gasteiger partial charge in [0.25, 0.3) is 0 Å². The molecular formula is C40H56Br2N8. The highest BCUT2D eigenvalue weighted by Crippen LogP contribution is 2.21. The van der Waals surface area contributed by atoms with E-state index >= 15 is 0 Å². The summed E-state index contributed by atoms with van der Waals surface area (Å²) in [5, 5.41) is 18.0. The maximum absolute atomic E-state index is 4.54. The lowest BCUT2D eigenvalue weighted by Gasteiger charge is -2.11. The van der Waals surface area contributed by atoms with Gasteiger partial charge in [-0.2, -0.15) is 0 Å². The van der Waals surface area contributed by atoms with Crippen LogP contribution < -0.4 is 52.9 Å². The Kier molecular flexibility index (Phi) is 21.0. The topological polar surface area (TPSA) is 63.7 Å². The van der Waals surface area contributed by atoms with Gasteiger partial charge in [-0.1, -0.05) is 63.5 Å². The van der Waals surface area contributed by atoms with Crippen molar-refractivity contribution in [2.45, 2.75) is 90.1 Å². The largest absolute Gasteiger partial charge is 1.00 e. The molecule has 0 aliphatic rings. The van der Waals surface area contributed by atoms with E-state index in [1.165, 1.54) is 77.0 Å². The minimum atomic E-state index is 0. The fourth-order valence-corrected chi connectivity index (χ4v) is 5.68. The van der Waals surface area contributed by atoms with E-state index in [-0.39, 0.29) is 34.0 Å². The number of nitrogens with zero attached hydrogens (tertiary/aromatic N) is 8. The number of anilines is 2. The van der Waals surface area contributed by atoms with E-state index < -0.39 is 0 Å². The lowest BCUT2D eigenvalue weighted by Crippen LogP contribution is -3.00. The fraction of sp³-hybridized carbons (Fsp3) is 0.450. The molecule has 10 heteroatoms. The van der Waals surface area contributed by atoms with Crippen LogP contribution in [0.15, 0.2) is 118 Å². The summed E-state index contributed by atoms with van der Waals surface area (Å²) in [7, 11) is 8.16. The number of hydrogen-bond acceptors (Lipinski definition) is 6. The second-order valence-corrected chi connectivity index (χ2v) is 13.0. The van der Waals surface area contributed by atoms with Crippen molar-refractivity contribution in [2.75, 3.05) is 38.0 Å². The van der Waals surface area contributed by atoms with Crippen molar-refractivity contribution in [1.29, 1.82) is 0 Å². The Morgan fingerprint density at radius 3 is 1.04 bits per heavy atom. The number of aromatic nitrogens is 2. The molecule has 8 nitrogen and oxygen atoms in total. The summed E-state index contributed by atoms with van der Waals surface area (Å²) in [6, 6.07) is 28.6. The van der Waals surface area contributed by atoms with Crippen molar-refractivity contribution < 1.29 is 43.1 Å². The van der Waals surface area contributed by atoms with E-state index in [9.17, 15) is 0 Å². The van der Waals surface area contributed by atoms with E-state index in [1.807, 2.05) is 76.7 Å². The molecule has 0 aliphatic heterocycles. The number of pyridine rings is 2. The van der Waals surface area contributed by atoms with Crippen LogP contribution in [0.25, 0.3) is 0 Å². The average Bonchev–Trinajstić information content (AvgIpc) is 3.11. The van der Waals surface area contributed by atoms with Crippen LogP contribution in [-0.4, -0.2) is 28.2 Å². The molecular weight excluding hydrogens is 752 g/mol. The summed E-state index contributed by atoms with van der Waals surface area (Å²) in [5.74, 6) is 1.81. The maximum Gasteiger partial charge on any atom is 0.350 e. The third kappa shape index (κ3) is 15.6. The standard InChI is InChI=1S/C40H56N8.2BrH/c1-45(2)37-27-23-35(24-28-37)41-43-39-21-15-19-33-47(39)31-17-13-11-9-7-5-6-8-10-12-14-18-32-48-34-20-16-22-40(48)44-42-36-25-29-38(30-26-36)46(3)4;;/h15-16,19-30,33-34H,5-14,17-18,31-32H2,1-4H3;2*1H/q+2;;/p-2. The van der Waals surface area contributed by atoms with Gasteiger partial charge in [0.2, 0.25) is 0 Å². The first-order valence-corrected chi connectivity index (χ1v) is 17.8. The Hall–Kier alpha value is -3.50. The summed E-state index contributed by atoms with van der Waals surface area (Å²) >= 11 is 0. The molecule has 50 heavy (non-hydrogen) atoms. The predicted octanol–water partition coefficient (Wildman–Crippen LogP) is 4.61. The van der Waals surface area contributed by atoms with E-state index in [2.05, 4.69) is 88.2 Å². The first kappa shape index (κ1) is 42.7. The molecule has 0 amide bonds. The molecule has 4 rings (SSSR count). The quantitative estimate of drug-likeness (QED) is 0.0702. The smallest absolute Gasteiger partial charge is 0.350 e. The summed E-state index contributed by atoms with van der Waals surface area (Å²) in [6.07, 6.45) is 19.8. The van der Waals surface area contributed by atoms with Gasteiger partial charge in [-0.15, -0.1) is 0 Å². The van der Waals surface area contributed by atoms with Crippen molar-refractivity contribution in [1.82, 2.24) is 0 Å². The number of unbranched alkanes of at least 4 members (excludes halogenated alkanes) is 11. The van der Waals surface area contributed by atoms with Crippen molar-refractivity contribution in [2.24, 2.45) is 20.5 Å². The van der Waals surface area contributed by atoms with Crippen molar-refractivity contribution in [3.63, 3.8) is 0 Å². The molecule has 0 fully saturated rings. The van der Waals surface area contributed by atoms with Gasteiger partial charge < -0.3 is 43.8 Å². The second-order valence-electron chi connectivity index (χ2n) is 13.0. The molecule has 0 bridgehead atoms. The SMILES string of the molecule is CN(C)c1ccc(N=Nc2cccc[n+]2CCCCCCCCCCCCCC[n+]2ccccc2N=Nc2ccc(N(C)C)cc2)cc1.[Br-].[Br-]. The third-order valence-electron chi connectivity index (χ3n) is 8.65. The van der Waals surface area contributed by atoms with Crippen molar-refractivity contribution in [3.8, 4) is 0 Å². The van der Waals surface area contributed by atoms with E-state index in [0.717, 1.165) is 47.5 Å². The number of benzene rings is 2. The Balaban J connectivity index is 0.00000433. The van der Waals surface area contributed by atoms with E-state index in [0.29, 0.717) is 0 Å².